The maximum atomic E-state index is 12.6. The Kier molecular flexibility index (Phi) is 4.54. The number of hydrogen-bond acceptors (Lipinski definition) is 3. The average Bonchev–Trinajstić information content (AvgIpc) is 3.28. The molecule has 5 nitrogen and oxygen atoms in total. The lowest BCUT2D eigenvalue weighted by atomic mass is 10.1. The Labute approximate surface area is 142 Å². The first kappa shape index (κ1) is 15.7. The van der Waals surface area contributed by atoms with E-state index in [2.05, 4.69) is 33.0 Å². The molecule has 1 aromatic carbocycles. The van der Waals surface area contributed by atoms with Crippen LogP contribution in [0.4, 0.5) is 0 Å². The first-order valence-corrected chi connectivity index (χ1v) is 8.96. The van der Waals surface area contributed by atoms with Crippen LogP contribution < -0.4 is 0 Å². The number of rotatable bonds is 4. The Morgan fingerprint density at radius 1 is 1.21 bits per heavy atom. The third-order valence-electron chi connectivity index (χ3n) is 5.36. The maximum absolute atomic E-state index is 12.6. The van der Waals surface area contributed by atoms with Crippen molar-refractivity contribution in [2.75, 3.05) is 39.4 Å². The van der Waals surface area contributed by atoms with E-state index in [9.17, 15) is 4.79 Å². The van der Waals surface area contributed by atoms with Gasteiger partial charge in [-0.3, -0.25) is 9.69 Å². The van der Waals surface area contributed by atoms with Crippen molar-refractivity contribution in [3.8, 4) is 0 Å². The number of morpholine rings is 1. The van der Waals surface area contributed by atoms with Gasteiger partial charge >= 0.3 is 0 Å². The van der Waals surface area contributed by atoms with Crippen LogP contribution in [0.3, 0.4) is 0 Å². The van der Waals surface area contributed by atoms with Gasteiger partial charge in [0.2, 0.25) is 5.91 Å². The van der Waals surface area contributed by atoms with Gasteiger partial charge in [-0.1, -0.05) is 18.2 Å². The highest BCUT2D eigenvalue weighted by Gasteiger charge is 2.30. The van der Waals surface area contributed by atoms with Crippen molar-refractivity contribution in [1.82, 2.24) is 14.8 Å². The van der Waals surface area contributed by atoms with Crippen molar-refractivity contribution in [2.45, 2.75) is 25.3 Å². The smallest absolute Gasteiger partial charge is 0.222 e. The lowest BCUT2D eigenvalue weighted by molar-refractivity contribution is -0.130. The number of hydrogen-bond donors (Lipinski definition) is 1. The second-order valence-electron chi connectivity index (χ2n) is 6.79. The number of nitrogens with zero attached hydrogens (tertiary/aromatic N) is 2. The summed E-state index contributed by atoms with van der Waals surface area (Å²) >= 11 is 0. The van der Waals surface area contributed by atoms with Crippen molar-refractivity contribution in [2.24, 2.45) is 0 Å². The summed E-state index contributed by atoms with van der Waals surface area (Å²) in [5, 5.41) is 1.23. The Hall–Kier alpha value is -1.85. The van der Waals surface area contributed by atoms with Gasteiger partial charge < -0.3 is 14.6 Å². The van der Waals surface area contributed by atoms with Gasteiger partial charge in [0.1, 0.15) is 0 Å². The molecule has 3 heterocycles. The maximum Gasteiger partial charge on any atom is 0.222 e. The normalized spacial score (nSPS) is 22.3. The number of para-hydroxylation sites is 1. The summed E-state index contributed by atoms with van der Waals surface area (Å²) < 4.78 is 5.42. The molecule has 0 saturated carbocycles. The topological polar surface area (TPSA) is 48.6 Å². The number of nitrogens with one attached hydrogen (secondary N) is 1. The van der Waals surface area contributed by atoms with Gasteiger partial charge in [-0.05, 0) is 24.5 Å². The molecule has 5 heteroatoms. The number of benzene rings is 1. The molecule has 0 aliphatic carbocycles. The fraction of sp³-hybridized carbons (Fsp3) is 0.526. The predicted octanol–water partition coefficient (Wildman–Crippen LogP) is 2.03. The Balaban J connectivity index is 1.32. The molecule has 4 rings (SSSR count). The molecule has 1 N–H and O–H groups in total. The molecule has 24 heavy (non-hydrogen) atoms. The molecule has 1 amide bonds. The van der Waals surface area contributed by atoms with Gasteiger partial charge in [0, 0.05) is 55.7 Å². The number of amides is 1. The van der Waals surface area contributed by atoms with Crippen molar-refractivity contribution in [3.05, 3.63) is 36.0 Å². The molecule has 0 spiro atoms. The van der Waals surface area contributed by atoms with Gasteiger partial charge in [-0.25, -0.2) is 0 Å². The van der Waals surface area contributed by atoms with E-state index in [1.165, 1.54) is 10.9 Å². The number of H-pyrrole nitrogens is 1. The number of likely N-dealkylation sites (tertiary alicyclic amines) is 1. The summed E-state index contributed by atoms with van der Waals surface area (Å²) in [6.07, 6.45) is 4.54. The van der Waals surface area contributed by atoms with Gasteiger partial charge in [0.25, 0.3) is 0 Å². The van der Waals surface area contributed by atoms with Crippen LogP contribution in [0, 0.1) is 0 Å². The third-order valence-corrected chi connectivity index (χ3v) is 5.36. The van der Waals surface area contributed by atoms with E-state index < -0.39 is 0 Å². The minimum atomic E-state index is 0.288. The molecule has 2 fully saturated rings. The summed E-state index contributed by atoms with van der Waals surface area (Å²) in [6.45, 7) is 5.43. The van der Waals surface area contributed by atoms with Crippen LogP contribution in [-0.4, -0.2) is 66.1 Å². The highest BCUT2D eigenvalue weighted by atomic mass is 16.5. The molecule has 2 aliphatic rings. The lowest BCUT2D eigenvalue weighted by Gasteiger charge is -2.32. The van der Waals surface area contributed by atoms with Gasteiger partial charge in [0.05, 0.1) is 13.2 Å². The van der Waals surface area contributed by atoms with Crippen molar-refractivity contribution in [1.29, 1.82) is 0 Å². The first-order chi connectivity index (χ1) is 11.8. The van der Waals surface area contributed by atoms with E-state index in [0.29, 0.717) is 12.5 Å². The fourth-order valence-corrected chi connectivity index (χ4v) is 3.95. The quantitative estimate of drug-likeness (QED) is 0.935. The van der Waals surface area contributed by atoms with Gasteiger partial charge in [-0.2, -0.15) is 0 Å². The molecule has 0 radical (unpaired) electrons. The van der Waals surface area contributed by atoms with E-state index in [0.717, 1.165) is 57.8 Å². The van der Waals surface area contributed by atoms with E-state index >= 15 is 0 Å². The number of carbonyl (C=O) groups excluding carboxylic acids is 1. The number of aromatic nitrogens is 1. The first-order valence-electron chi connectivity index (χ1n) is 8.96. The van der Waals surface area contributed by atoms with Crippen molar-refractivity contribution < 1.29 is 9.53 Å². The third kappa shape index (κ3) is 3.19. The standard InChI is InChI=1S/C19H25N3O2/c23-19(6-5-15-13-20-18-4-2-1-3-17(15)18)22-8-7-16(14-22)21-9-11-24-12-10-21/h1-4,13,16,20H,5-12,14H2/t16-/m0/s1. The number of fused-ring (bicyclic) bond motifs is 1. The second-order valence-corrected chi connectivity index (χ2v) is 6.79. The highest BCUT2D eigenvalue weighted by Crippen LogP contribution is 2.21. The summed E-state index contributed by atoms with van der Waals surface area (Å²) in [7, 11) is 0. The number of aryl methyl sites for hydroxylation is 1. The number of aromatic amines is 1. The second kappa shape index (κ2) is 6.95. The molecule has 128 valence electrons. The summed E-state index contributed by atoms with van der Waals surface area (Å²) in [5.74, 6) is 0.288. The largest absolute Gasteiger partial charge is 0.379 e. The summed E-state index contributed by atoms with van der Waals surface area (Å²) in [5.41, 5.74) is 2.39. The fourth-order valence-electron chi connectivity index (χ4n) is 3.95. The summed E-state index contributed by atoms with van der Waals surface area (Å²) in [4.78, 5) is 20.4. The van der Waals surface area contributed by atoms with Crippen LogP contribution in [0.2, 0.25) is 0 Å². The SMILES string of the molecule is O=C(CCc1c[nH]c2ccccc12)N1CC[C@H](N2CCOCC2)C1. The van der Waals surface area contributed by atoms with Crippen LogP contribution >= 0.6 is 0 Å². The van der Waals surface area contributed by atoms with Crippen molar-refractivity contribution in [3.63, 3.8) is 0 Å². The molecule has 0 bridgehead atoms. The van der Waals surface area contributed by atoms with E-state index in [4.69, 9.17) is 4.74 Å². The monoisotopic (exact) mass is 327 g/mol. The molecule has 1 atom stereocenters. The van der Waals surface area contributed by atoms with Crippen LogP contribution in [-0.2, 0) is 16.0 Å². The number of carbonyl (C=O) groups is 1. The van der Waals surface area contributed by atoms with Crippen LogP contribution in [0.1, 0.15) is 18.4 Å². The van der Waals surface area contributed by atoms with Crippen LogP contribution in [0.25, 0.3) is 10.9 Å². The Morgan fingerprint density at radius 2 is 2.04 bits per heavy atom. The van der Waals surface area contributed by atoms with Gasteiger partial charge in [0.15, 0.2) is 0 Å². The predicted molar refractivity (Wildman–Crippen MR) is 94.0 cm³/mol. The van der Waals surface area contributed by atoms with Crippen molar-refractivity contribution >= 4 is 16.8 Å². The molecule has 2 aromatic rings. The zero-order valence-corrected chi connectivity index (χ0v) is 14.0. The molecule has 1 aromatic heterocycles. The van der Waals surface area contributed by atoms with Crippen LogP contribution in [0.5, 0.6) is 0 Å². The summed E-state index contributed by atoms with van der Waals surface area (Å²) in [6, 6.07) is 8.80. The minimum absolute atomic E-state index is 0.288. The molecular weight excluding hydrogens is 302 g/mol. The highest BCUT2D eigenvalue weighted by molar-refractivity contribution is 5.84. The van der Waals surface area contributed by atoms with E-state index in [-0.39, 0.29) is 5.91 Å². The Bertz CT molecular complexity index is 705. The zero-order valence-electron chi connectivity index (χ0n) is 14.0. The molecule has 2 saturated heterocycles. The van der Waals surface area contributed by atoms with E-state index in [1.807, 2.05) is 12.3 Å². The Morgan fingerprint density at radius 3 is 2.92 bits per heavy atom. The zero-order chi connectivity index (χ0) is 16.4. The average molecular weight is 327 g/mol. The molecule has 0 unspecified atom stereocenters. The van der Waals surface area contributed by atoms with Crippen LogP contribution in [0.15, 0.2) is 30.5 Å². The number of ether oxygens (including phenoxy) is 1. The van der Waals surface area contributed by atoms with Gasteiger partial charge in [-0.15, -0.1) is 0 Å². The molecule has 2 aliphatic heterocycles. The lowest BCUT2D eigenvalue weighted by Crippen LogP contribution is -2.45. The minimum Gasteiger partial charge on any atom is -0.379 e. The molecular formula is C19H25N3O2. The van der Waals surface area contributed by atoms with E-state index in [1.54, 1.807) is 0 Å².